The number of benzene rings is 2. The van der Waals surface area contributed by atoms with Crippen molar-refractivity contribution < 1.29 is 26.5 Å². The van der Waals surface area contributed by atoms with Crippen LogP contribution in [0.5, 0.6) is 5.75 Å². The molecular formula is C26H36FNO5S. The minimum Gasteiger partial charge on any atom is -0.383 e. The lowest BCUT2D eigenvalue weighted by atomic mass is 10.1. The number of ether oxygens (including phenoxy) is 1. The maximum atomic E-state index is 13.1. The Morgan fingerprint density at radius 2 is 1.53 bits per heavy atom. The summed E-state index contributed by atoms with van der Waals surface area (Å²) in [5.41, 5.74) is 0.857. The van der Waals surface area contributed by atoms with Gasteiger partial charge in [0, 0.05) is 26.6 Å². The molecule has 0 saturated heterocycles. The van der Waals surface area contributed by atoms with E-state index in [0.717, 1.165) is 49.1 Å². The van der Waals surface area contributed by atoms with Crippen LogP contribution in [0, 0.1) is 5.82 Å². The zero-order valence-corrected chi connectivity index (χ0v) is 21.0. The highest BCUT2D eigenvalue weighted by molar-refractivity contribution is 7.87. The van der Waals surface area contributed by atoms with Gasteiger partial charge < -0.3 is 13.8 Å². The van der Waals surface area contributed by atoms with Crippen LogP contribution in [0.15, 0.2) is 53.4 Å². The van der Waals surface area contributed by atoms with Crippen molar-refractivity contribution in [2.75, 3.05) is 20.3 Å². The molecule has 8 heteroatoms. The smallest absolute Gasteiger partial charge is 0.339 e. The average Bonchev–Trinajstić information content (AvgIpc) is 2.82. The monoisotopic (exact) mass is 493 g/mol. The number of halogens is 1. The van der Waals surface area contributed by atoms with Gasteiger partial charge in [-0.3, -0.25) is 4.79 Å². The van der Waals surface area contributed by atoms with E-state index in [1.165, 1.54) is 25.7 Å². The number of methoxy groups -OCH3 is 1. The molecule has 0 aliphatic carbocycles. The number of rotatable bonds is 16. The van der Waals surface area contributed by atoms with E-state index in [9.17, 15) is 17.6 Å². The van der Waals surface area contributed by atoms with Crippen LogP contribution >= 0.6 is 0 Å². The normalized spacial score (nSPS) is 11.4. The largest absolute Gasteiger partial charge is 0.383 e. The summed E-state index contributed by atoms with van der Waals surface area (Å²) in [6.45, 7) is 3.54. The molecule has 0 aliphatic rings. The topological polar surface area (TPSA) is 72.9 Å². The van der Waals surface area contributed by atoms with E-state index in [0.29, 0.717) is 26.1 Å². The molecule has 6 nitrogen and oxygen atoms in total. The molecular weight excluding hydrogens is 457 g/mol. The maximum absolute atomic E-state index is 13.1. The number of nitrogens with zero attached hydrogens (tertiary/aromatic N) is 1. The van der Waals surface area contributed by atoms with Crippen molar-refractivity contribution in [1.82, 2.24) is 4.90 Å². The van der Waals surface area contributed by atoms with Gasteiger partial charge in [0.1, 0.15) is 16.5 Å². The molecule has 0 radical (unpaired) electrons. The fourth-order valence-electron chi connectivity index (χ4n) is 3.53. The molecule has 0 atom stereocenters. The van der Waals surface area contributed by atoms with Gasteiger partial charge in [0.05, 0.1) is 6.61 Å². The van der Waals surface area contributed by atoms with Crippen LogP contribution in [0.3, 0.4) is 0 Å². The summed E-state index contributed by atoms with van der Waals surface area (Å²) < 4.78 is 48.1. The standard InChI is InChI=1S/C26H36FNO5S/c1-3-4-5-6-7-8-9-10-26(29)28(19-20-32-2)21-22-11-15-24(16-12-22)33-34(30,31)25-17-13-23(27)14-18-25/h11-18H,3-10,19-21H2,1-2H3. The number of hydrogen-bond acceptors (Lipinski definition) is 5. The van der Waals surface area contributed by atoms with Crippen molar-refractivity contribution in [3.8, 4) is 5.75 Å². The number of unbranched alkanes of at least 4 members (excludes halogenated alkanes) is 6. The molecule has 1 amide bonds. The Balaban J connectivity index is 1.91. The first kappa shape index (κ1) is 27.8. The first-order chi connectivity index (χ1) is 16.4. The lowest BCUT2D eigenvalue weighted by Crippen LogP contribution is -2.33. The summed E-state index contributed by atoms with van der Waals surface area (Å²) in [4.78, 5) is 14.4. The molecule has 0 spiro atoms. The maximum Gasteiger partial charge on any atom is 0.339 e. The Labute approximate surface area is 203 Å². The van der Waals surface area contributed by atoms with Crippen LogP contribution in [0.4, 0.5) is 4.39 Å². The molecule has 0 heterocycles. The number of carbonyl (C=O) groups is 1. The molecule has 34 heavy (non-hydrogen) atoms. The highest BCUT2D eigenvalue weighted by Crippen LogP contribution is 2.20. The van der Waals surface area contributed by atoms with E-state index in [1.807, 2.05) is 0 Å². The van der Waals surface area contributed by atoms with Gasteiger partial charge in [-0.25, -0.2) is 4.39 Å². The van der Waals surface area contributed by atoms with E-state index in [2.05, 4.69) is 6.92 Å². The molecule has 0 fully saturated rings. The van der Waals surface area contributed by atoms with E-state index >= 15 is 0 Å². The molecule has 0 N–H and O–H groups in total. The van der Waals surface area contributed by atoms with Crippen LogP contribution < -0.4 is 4.18 Å². The molecule has 2 rings (SSSR count). The van der Waals surface area contributed by atoms with Crippen molar-refractivity contribution in [3.63, 3.8) is 0 Å². The third kappa shape index (κ3) is 9.81. The van der Waals surface area contributed by atoms with Crippen molar-refractivity contribution in [2.45, 2.75) is 69.7 Å². The molecule has 0 bridgehead atoms. The van der Waals surface area contributed by atoms with Crippen LogP contribution in [-0.2, 0) is 26.2 Å². The summed E-state index contributed by atoms with van der Waals surface area (Å²) >= 11 is 0. The van der Waals surface area contributed by atoms with Gasteiger partial charge in [-0.1, -0.05) is 57.6 Å². The number of hydrogen-bond donors (Lipinski definition) is 0. The van der Waals surface area contributed by atoms with Gasteiger partial charge in [0.2, 0.25) is 5.91 Å². The summed E-state index contributed by atoms with van der Waals surface area (Å²) in [5.74, 6) is -0.293. The third-order valence-electron chi connectivity index (χ3n) is 5.52. The van der Waals surface area contributed by atoms with E-state index < -0.39 is 15.9 Å². The van der Waals surface area contributed by atoms with Crippen molar-refractivity contribution in [1.29, 1.82) is 0 Å². The third-order valence-corrected chi connectivity index (χ3v) is 6.78. The van der Waals surface area contributed by atoms with Gasteiger partial charge in [-0.2, -0.15) is 8.42 Å². The Hall–Kier alpha value is -2.45. The van der Waals surface area contributed by atoms with Crippen LogP contribution in [0.25, 0.3) is 0 Å². The average molecular weight is 494 g/mol. The molecule has 2 aromatic carbocycles. The van der Waals surface area contributed by atoms with Gasteiger partial charge in [0.15, 0.2) is 0 Å². The Bertz CT molecular complexity index is 962. The summed E-state index contributed by atoms with van der Waals surface area (Å²) in [6.07, 6.45) is 8.58. The van der Waals surface area contributed by atoms with Gasteiger partial charge in [-0.05, 0) is 48.4 Å². The minimum absolute atomic E-state index is 0.0878. The molecule has 188 valence electrons. The predicted octanol–water partition coefficient (Wildman–Crippen LogP) is 5.71. The zero-order valence-electron chi connectivity index (χ0n) is 20.2. The lowest BCUT2D eigenvalue weighted by Gasteiger charge is -2.23. The Kier molecular flexibility index (Phi) is 12.0. The number of carbonyl (C=O) groups excluding carboxylic acids is 1. The lowest BCUT2D eigenvalue weighted by molar-refractivity contribution is -0.132. The first-order valence-corrected chi connectivity index (χ1v) is 13.3. The van der Waals surface area contributed by atoms with Gasteiger partial charge >= 0.3 is 10.1 Å². The van der Waals surface area contributed by atoms with Crippen molar-refractivity contribution in [2.24, 2.45) is 0 Å². The van der Waals surface area contributed by atoms with Gasteiger partial charge in [0.25, 0.3) is 0 Å². The summed E-state index contributed by atoms with van der Waals surface area (Å²) in [5, 5.41) is 0. The Morgan fingerprint density at radius 1 is 0.912 bits per heavy atom. The van der Waals surface area contributed by atoms with E-state index in [-0.39, 0.29) is 16.6 Å². The van der Waals surface area contributed by atoms with Gasteiger partial charge in [-0.15, -0.1) is 0 Å². The molecule has 0 aliphatic heterocycles. The fourth-order valence-corrected chi connectivity index (χ4v) is 4.46. The number of amides is 1. The van der Waals surface area contributed by atoms with Crippen LogP contribution in [-0.4, -0.2) is 39.5 Å². The van der Waals surface area contributed by atoms with Crippen LogP contribution in [0.2, 0.25) is 0 Å². The SMILES string of the molecule is CCCCCCCCCC(=O)N(CCOC)Cc1ccc(OS(=O)(=O)c2ccc(F)cc2)cc1. The quantitative estimate of drug-likeness (QED) is 0.221. The highest BCUT2D eigenvalue weighted by atomic mass is 32.2. The summed E-state index contributed by atoms with van der Waals surface area (Å²) in [6, 6.07) is 11.0. The minimum atomic E-state index is -4.06. The zero-order chi connectivity index (χ0) is 24.8. The second-order valence-corrected chi connectivity index (χ2v) is 9.86. The summed E-state index contributed by atoms with van der Waals surface area (Å²) in [7, 11) is -2.46. The molecule has 0 aromatic heterocycles. The van der Waals surface area contributed by atoms with E-state index in [4.69, 9.17) is 8.92 Å². The predicted molar refractivity (Wildman–Crippen MR) is 131 cm³/mol. The van der Waals surface area contributed by atoms with Crippen LogP contribution in [0.1, 0.15) is 63.9 Å². The van der Waals surface area contributed by atoms with E-state index in [1.54, 1.807) is 36.3 Å². The molecule has 0 saturated carbocycles. The molecule has 2 aromatic rings. The van der Waals surface area contributed by atoms with Crippen molar-refractivity contribution in [3.05, 3.63) is 59.9 Å². The second kappa shape index (κ2) is 14.7. The Morgan fingerprint density at radius 3 is 2.15 bits per heavy atom. The fraction of sp³-hybridized carbons (Fsp3) is 0.500. The van der Waals surface area contributed by atoms with Crippen molar-refractivity contribution >= 4 is 16.0 Å². The second-order valence-electron chi connectivity index (χ2n) is 8.31. The molecule has 0 unspecified atom stereocenters. The highest BCUT2D eigenvalue weighted by Gasteiger charge is 2.17. The first-order valence-electron chi connectivity index (χ1n) is 11.9.